The molecule has 20 heavy (non-hydrogen) atoms. The van der Waals surface area contributed by atoms with Crippen LogP contribution in [0.1, 0.15) is 40.0 Å². The number of nitrogens with one attached hydrogen (secondary N) is 1. The standard InChI is InChI=1S/C17H24ClNO/c1-16(2)11-7-8-17(3,10-11)15(16)19-12-5-6-13(18)14(9-12)20-4/h5-6,9,11,15,19H,7-8,10H2,1-4H3. The Morgan fingerprint density at radius 2 is 2.05 bits per heavy atom. The van der Waals surface area contributed by atoms with Gasteiger partial charge in [-0.1, -0.05) is 32.4 Å². The molecule has 0 amide bonds. The van der Waals surface area contributed by atoms with Crippen LogP contribution in [0.5, 0.6) is 5.75 Å². The van der Waals surface area contributed by atoms with Crippen LogP contribution in [0.15, 0.2) is 18.2 Å². The van der Waals surface area contributed by atoms with Crippen LogP contribution < -0.4 is 10.1 Å². The fourth-order valence-corrected chi connectivity index (χ4v) is 4.77. The SMILES string of the molecule is COc1cc(NC2C3(C)CCC(C3)C2(C)C)ccc1Cl. The molecule has 0 heterocycles. The lowest BCUT2D eigenvalue weighted by Crippen LogP contribution is -2.45. The van der Waals surface area contributed by atoms with Crippen molar-refractivity contribution in [2.24, 2.45) is 16.7 Å². The molecule has 2 aliphatic rings. The normalized spacial score (nSPS) is 34.2. The molecule has 0 aromatic heterocycles. The number of benzene rings is 1. The summed E-state index contributed by atoms with van der Waals surface area (Å²) in [5, 5.41) is 4.43. The zero-order valence-corrected chi connectivity index (χ0v) is 13.6. The van der Waals surface area contributed by atoms with E-state index in [0.717, 1.165) is 17.4 Å². The number of methoxy groups -OCH3 is 1. The number of hydrogen-bond acceptors (Lipinski definition) is 2. The minimum absolute atomic E-state index is 0.347. The molecule has 2 saturated carbocycles. The van der Waals surface area contributed by atoms with E-state index in [1.54, 1.807) is 7.11 Å². The first-order valence-corrected chi connectivity index (χ1v) is 7.85. The van der Waals surface area contributed by atoms with Crippen molar-refractivity contribution in [3.05, 3.63) is 23.2 Å². The van der Waals surface area contributed by atoms with Crippen LogP contribution in [0.25, 0.3) is 0 Å². The molecule has 3 heteroatoms. The maximum atomic E-state index is 6.11. The number of hydrogen-bond donors (Lipinski definition) is 1. The van der Waals surface area contributed by atoms with E-state index in [1.165, 1.54) is 19.3 Å². The number of anilines is 1. The molecule has 1 aromatic rings. The van der Waals surface area contributed by atoms with Gasteiger partial charge in [0.25, 0.3) is 0 Å². The molecular weight excluding hydrogens is 270 g/mol. The summed E-state index contributed by atoms with van der Waals surface area (Å²) < 4.78 is 5.32. The Balaban J connectivity index is 1.87. The van der Waals surface area contributed by atoms with Gasteiger partial charge in [-0.25, -0.2) is 0 Å². The molecule has 1 N–H and O–H groups in total. The maximum Gasteiger partial charge on any atom is 0.139 e. The van der Waals surface area contributed by atoms with Crippen LogP contribution in [0.4, 0.5) is 5.69 Å². The van der Waals surface area contributed by atoms with Gasteiger partial charge in [0.05, 0.1) is 12.1 Å². The molecule has 110 valence electrons. The van der Waals surface area contributed by atoms with E-state index in [4.69, 9.17) is 16.3 Å². The monoisotopic (exact) mass is 293 g/mol. The zero-order chi connectivity index (χ0) is 14.5. The van der Waals surface area contributed by atoms with Crippen molar-refractivity contribution in [1.29, 1.82) is 0 Å². The smallest absolute Gasteiger partial charge is 0.139 e. The highest BCUT2D eigenvalue weighted by Gasteiger charge is 2.59. The minimum atomic E-state index is 0.347. The van der Waals surface area contributed by atoms with Crippen LogP contribution in [0, 0.1) is 16.7 Å². The largest absolute Gasteiger partial charge is 0.495 e. The Labute approximate surface area is 126 Å². The molecule has 2 bridgehead atoms. The Kier molecular flexibility index (Phi) is 3.20. The third-order valence-electron chi connectivity index (χ3n) is 5.73. The van der Waals surface area contributed by atoms with Crippen LogP contribution >= 0.6 is 11.6 Å². The second-order valence-corrected chi connectivity index (χ2v) is 7.75. The van der Waals surface area contributed by atoms with Gasteiger partial charge in [0.15, 0.2) is 0 Å². The number of ether oxygens (including phenoxy) is 1. The molecule has 3 unspecified atom stereocenters. The van der Waals surface area contributed by atoms with Gasteiger partial charge in [0, 0.05) is 17.8 Å². The molecule has 1 aromatic carbocycles. The average molecular weight is 294 g/mol. The predicted octanol–water partition coefficient (Wildman–Crippen LogP) is 4.98. The maximum absolute atomic E-state index is 6.11. The van der Waals surface area contributed by atoms with Gasteiger partial charge in [-0.15, -0.1) is 0 Å². The molecule has 0 spiro atoms. The van der Waals surface area contributed by atoms with Crippen molar-refractivity contribution in [2.75, 3.05) is 12.4 Å². The Morgan fingerprint density at radius 1 is 1.30 bits per heavy atom. The first-order valence-electron chi connectivity index (χ1n) is 7.47. The number of halogens is 1. The lowest BCUT2D eigenvalue weighted by molar-refractivity contribution is 0.155. The summed E-state index contributed by atoms with van der Waals surface area (Å²) in [5.41, 5.74) is 1.87. The fourth-order valence-electron chi connectivity index (χ4n) is 4.58. The van der Waals surface area contributed by atoms with E-state index in [-0.39, 0.29) is 0 Å². The molecule has 0 aliphatic heterocycles. The second-order valence-electron chi connectivity index (χ2n) is 7.34. The van der Waals surface area contributed by atoms with E-state index in [1.807, 2.05) is 12.1 Å². The fraction of sp³-hybridized carbons (Fsp3) is 0.647. The summed E-state index contributed by atoms with van der Waals surface area (Å²) in [6.45, 7) is 7.26. The Morgan fingerprint density at radius 3 is 2.65 bits per heavy atom. The molecule has 2 aliphatic carbocycles. The van der Waals surface area contributed by atoms with Gasteiger partial charge < -0.3 is 10.1 Å². The average Bonchev–Trinajstić information content (AvgIpc) is 2.87. The van der Waals surface area contributed by atoms with Crippen LogP contribution in [0.3, 0.4) is 0 Å². The second kappa shape index (κ2) is 4.56. The molecule has 3 rings (SSSR count). The van der Waals surface area contributed by atoms with E-state index < -0.39 is 0 Å². The molecule has 0 radical (unpaired) electrons. The van der Waals surface area contributed by atoms with E-state index >= 15 is 0 Å². The van der Waals surface area contributed by atoms with Gasteiger partial charge in [-0.2, -0.15) is 0 Å². The minimum Gasteiger partial charge on any atom is -0.495 e. The molecule has 0 saturated heterocycles. The van der Waals surface area contributed by atoms with E-state index in [0.29, 0.717) is 21.9 Å². The van der Waals surface area contributed by atoms with Crippen LogP contribution in [0.2, 0.25) is 5.02 Å². The topological polar surface area (TPSA) is 21.3 Å². The summed E-state index contributed by atoms with van der Waals surface area (Å²) in [7, 11) is 1.66. The van der Waals surface area contributed by atoms with Crippen molar-refractivity contribution in [3.8, 4) is 5.75 Å². The van der Waals surface area contributed by atoms with Crippen LogP contribution in [-0.2, 0) is 0 Å². The molecule has 2 fully saturated rings. The van der Waals surface area contributed by atoms with Crippen molar-refractivity contribution in [2.45, 2.75) is 46.1 Å². The lowest BCUT2D eigenvalue weighted by Gasteiger charge is -2.43. The van der Waals surface area contributed by atoms with Crippen molar-refractivity contribution in [3.63, 3.8) is 0 Å². The van der Waals surface area contributed by atoms with Gasteiger partial charge in [-0.3, -0.25) is 0 Å². The molecule has 2 nitrogen and oxygen atoms in total. The Hall–Kier alpha value is -0.890. The van der Waals surface area contributed by atoms with E-state index in [2.05, 4.69) is 32.2 Å². The summed E-state index contributed by atoms with van der Waals surface area (Å²) in [5.74, 6) is 1.59. The van der Waals surface area contributed by atoms with Gasteiger partial charge in [0.2, 0.25) is 0 Å². The lowest BCUT2D eigenvalue weighted by atomic mass is 9.68. The first kappa shape index (κ1) is 14.1. The molecular formula is C17H24ClNO. The van der Waals surface area contributed by atoms with Gasteiger partial charge >= 0.3 is 0 Å². The van der Waals surface area contributed by atoms with Crippen molar-refractivity contribution in [1.82, 2.24) is 0 Å². The third kappa shape index (κ3) is 2.00. The van der Waals surface area contributed by atoms with Gasteiger partial charge in [0.1, 0.15) is 5.75 Å². The highest BCUT2D eigenvalue weighted by molar-refractivity contribution is 6.32. The predicted molar refractivity (Wildman–Crippen MR) is 84.6 cm³/mol. The van der Waals surface area contributed by atoms with Gasteiger partial charge in [-0.05, 0) is 48.1 Å². The number of rotatable bonds is 3. The summed E-state index contributed by atoms with van der Waals surface area (Å²) in [6, 6.07) is 6.48. The zero-order valence-electron chi connectivity index (χ0n) is 12.8. The quantitative estimate of drug-likeness (QED) is 0.849. The highest BCUT2D eigenvalue weighted by atomic mass is 35.5. The van der Waals surface area contributed by atoms with Crippen molar-refractivity contribution >= 4 is 17.3 Å². The van der Waals surface area contributed by atoms with Crippen LogP contribution in [-0.4, -0.2) is 13.2 Å². The molecule has 3 atom stereocenters. The van der Waals surface area contributed by atoms with Crippen molar-refractivity contribution < 1.29 is 4.74 Å². The highest BCUT2D eigenvalue weighted by Crippen LogP contribution is 2.63. The first-order chi connectivity index (χ1) is 9.37. The number of fused-ring (bicyclic) bond motifs is 2. The summed E-state index contributed by atoms with van der Waals surface area (Å²) in [4.78, 5) is 0. The third-order valence-corrected chi connectivity index (χ3v) is 6.04. The summed E-state index contributed by atoms with van der Waals surface area (Å²) in [6.07, 6.45) is 4.07. The Bertz CT molecular complexity index is 523. The van der Waals surface area contributed by atoms with E-state index in [9.17, 15) is 0 Å². The summed E-state index contributed by atoms with van der Waals surface area (Å²) >= 11 is 6.11.